The van der Waals surface area contributed by atoms with E-state index in [0.29, 0.717) is 17.5 Å². The molecule has 1 aliphatic heterocycles. The Balaban J connectivity index is 1.67. The van der Waals surface area contributed by atoms with Crippen LogP contribution in [0, 0.1) is 0 Å². The molecule has 0 aliphatic carbocycles. The topological polar surface area (TPSA) is 92.8 Å². The van der Waals surface area contributed by atoms with Gasteiger partial charge in [-0.05, 0) is 18.9 Å². The first-order valence-corrected chi connectivity index (χ1v) is 8.93. The molecule has 1 aliphatic rings. The summed E-state index contributed by atoms with van der Waals surface area (Å²) in [7, 11) is 0. The van der Waals surface area contributed by atoms with Gasteiger partial charge in [0, 0.05) is 25.4 Å². The third-order valence-corrected chi connectivity index (χ3v) is 5.36. The van der Waals surface area contributed by atoms with Gasteiger partial charge < -0.3 is 16.0 Å². The highest BCUT2D eigenvalue weighted by Gasteiger charge is 2.21. The van der Waals surface area contributed by atoms with Crippen molar-refractivity contribution in [3.63, 3.8) is 0 Å². The Kier molecular flexibility index (Phi) is 4.07. The van der Waals surface area contributed by atoms with Crippen molar-refractivity contribution < 1.29 is 0 Å². The van der Waals surface area contributed by atoms with Gasteiger partial charge >= 0.3 is 0 Å². The second-order valence-electron chi connectivity index (χ2n) is 5.64. The Morgan fingerprint density at radius 3 is 3.08 bits per heavy atom. The van der Waals surface area contributed by atoms with Crippen LogP contribution < -0.4 is 16.0 Å². The molecule has 0 unspecified atom stereocenters. The molecule has 0 aromatic carbocycles. The number of nitrogens with two attached hydrogens (primary N) is 1. The summed E-state index contributed by atoms with van der Waals surface area (Å²) in [6.45, 7) is 1.82. The molecule has 0 spiro atoms. The number of fused-ring (bicyclic) bond motifs is 1. The second-order valence-corrected chi connectivity index (χ2v) is 7.24. The molecule has 3 aromatic heterocycles. The molecular formula is C15H16ClN7S. The van der Waals surface area contributed by atoms with Crippen molar-refractivity contribution >= 4 is 55.7 Å². The lowest BCUT2D eigenvalue weighted by Gasteiger charge is -2.29. The van der Waals surface area contributed by atoms with Crippen molar-refractivity contribution in [2.75, 3.05) is 29.0 Å². The van der Waals surface area contributed by atoms with Crippen molar-refractivity contribution in [2.45, 2.75) is 18.2 Å². The van der Waals surface area contributed by atoms with E-state index in [-0.39, 0.29) is 5.38 Å². The van der Waals surface area contributed by atoms with Crippen LogP contribution in [0.1, 0.15) is 12.8 Å². The van der Waals surface area contributed by atoms with Crippen molar-refractivity contribution in [3.8, 4) is 0 Å². The molecule has 24 heavy (non-hydrogen) atoms. The van der Waals surface area contributed by atoms with Crippen LogP contribution in [-0.4, -0.2) is 38.4 Å². The van der Waals surface area contributed by atoms with E-state index >= 15 is 0 Å². The number of halogens is 1. The summed E-state index contributed by atoms with van der Waals surface area (Å²) < 4.78 is 0.987. The summed E-state index contributed by atoms with van der Waals surface area (Å²) in [5.41, 5.74) is 6.61. The molecule has 124 valence electrons. The van der Waals surface area contributed by atoms with Crippen LogP contribution in [-0.2, 0) is 0 Å². The monoisotopic (exact) mass is 361 g/mol. The minimum absolute atomic E-state index is 0.186. The Labute approximate surface area is 147 Å². The van der Waals surface area contributed by atoms with Gasteiger partial charge in [0.1, 0.15) is 18.0 Å². The smallest absolute Gasteiger partial charge is 0.186 e. The third kappa shape index (κ3) is 3.07. The molecule has 4 heterocycles. The molecule has 1 fully saturated rings. The zero-order valence-corrected chi connectivity index (χ0v) is 14.4. The van der Waals surface area contributed by atoms with E-state index in [1.54, 1.807) is 23.6 Å². The van der Waals surface area contributed by atoms with Crippen molar-refractivity contribution in [1.82, 2.24) is 19.9 Å². The molecule has 0 saturated carbocycles. The number of anilines is 4. The highest BCUT2D eigenvalue weighted by molar-refractivity contribution is 7.22. The number of rotatable bonds is 3. The van der Waals surface area contributed by atoms with E-state index in [4.69, 9.17) is 22.3 Å². The Morgan fingerprint density at radius 2 is 2.25 bits per heavy atom. The number of thiazole rings is 1. The van der Waals surface area contributed by atoms with E-state index in [1.807, 2.05) is 6.07 Å². The zero-order chi connectivity index (χ0) is 16.5. The SMILES string of the molecule is Nc1cc(Nc2nccc3nc(N4CCC[C@H](Cl)C4)sc23)ncn1. The fourth-order valence-electron chi connectivity index (χ4n) is 2.73. The average Bonchev–Trinajstić information content (AvgIpc) is 3.00. The predicted octanol–water partition coefficient (Wildman–Crippen LogP) is 3.01. The molecule has 3 N–H and O–H groups in total. The van der Waals surface area contributed by atoms with E-state index in [9.17, 15) is 0 Å². The summed E-state index contributed by atoms with van der Waals surface area (Å²) in [4.78, 5) is 19.5. The number of hydrogen-bond acceptors (Lipinski definition) is 8. The van der Waals surface area contributed by atoms with Crippen LogP contribution in [0.5, 0.6) is 0 Å². The van der Waals surface area contributed by atoms with Crippen LogP contribution in [0.3, 0.4) is 0 Å². The number of hydrogen-bond donors (Lipinski definition) is 2. The van der Waals surface area contributed by atoms with E-state index < -0.39 is 0 Å². The van der Waals surface area contributed by atoms with Crippen LogP contribution >= 0.6 is 22.9 Å². The predicted molar refractivity (Wildman–Crippen MR) is 98.2 cm³/mol. The first-order valence-electron chi connectivity index (χ1n) is 7.68. The molecule has 0 radical (unpaired) electrons. The maximum atomic E-state index is 6.30. The number of nitrogens with one attached hydrogen (secondary N) is 1. The van der Waals surface area contributed by atoms with Crippen molar-refractivity contribution in [3.05, 3.63) is 24.7 Å². The van der Waals surface area contributed by atoms with Gasteiger partial charge in [-0.1, -0.05) is 11.3 Å². The summed E-state index contributed by atoms with van der Waals surface area (Å²) in [6.07, 6.45) is 5.31. The summed E-state index contributed by atoms with van der Waals surface area (Å²) in [5.74, 6) is 1.73. The number of nitrogen functional groups attached to an aromatic ring is 1. The number of aromatic nitrogens is 4. The third-order valence-electron chi connectivity index (χ3n) is 3.86. The van der Waals surface area contributed by atoms with Crippen LogP contribution in [0.15, 0.2) is 24.7 Å². The van der Waals surface area contributed by atoms with E-state index in [2.05, 4.69) is 25.2 Å². The van der Waals surface area contributed by atoms with Crippen LogP contribution in [0.4, 0.5) is 22.6 Å². The fourth-order valence-corrected chi connectivity index (χ4v) is 4.09. The van der Waals surface area contributed by atoms with Gasteiger partial charge in [0.2, 0.25) is 0 Å². The lowest BCUT2D eigenvalue weighted by molar-refractivity contribution is 0.584. The molecular weight excluding hydrogens is 346 g/mol. The molecule has 0 amide bonds. The largest absolute Gasteiger partial charge is 0.384 e. The van der Waals surface area contributed by atoms with Gasteiger partial charge in [0.05, 0.1) is 15.6 Å². The van der Waals surface area contributed by atoms with E-state index in [1.165, 1.54) is 6.33 Å². The van der Waals surface area contributed by atoms with Gasteiger partial charge in [-0.3, -0.25) is 0 Å². The average molecular weight is 362 g/mol. The Hall–Kier alpha value is -2.19. The zero-order valence-electron chi connectivity index (χ0n) is 12.8. The van der Waals surface area contributed by atoms with Gasteiger partial charge in [0.25, 0.3) is 0 Å². The lowest BCUT2D eigenvalue weighted by atomic mass is 10.1. The lowest BCUT2D eigenvalue weighted by Crippen LogP contribution is -2.35. The summed E-state index contributed by atoms with van der Waals surface area (Å²) in [6, 6.07) is 3.59. The minimum Gasteiger partial charge on any atom is -0.384 e. The first kappa shape index (κ1) is 15.3. The Bertz CT molecular complexity index is 868. The maximum Gasteiger partial charge on any atom is 0.186 e. The second kappa shape index (κ2) is 6.37. The molecule has 4 rings (SSSR count). The Morgan fingerprint density at radius 1 is 1.33 bits per heavy atom. The van der Waals surface area contributed by atoms with Crippen LogP contribution in [0.2, 0.25) is 0 Å². The quantitative estimate of drug-likeness (QED) is 0.692. The van der Waals surface area contributed by atoms with Gasteiger partial charge in [-0.25, -0.2) is 19.9 Å². The maximum absolute atomic E-state index is 6.30. The van der Waals surface area contributed by atoms with Gasteiger partial charge in [-0.2, -0.15) is 0 Å². The molecule has 7 nitrogen and oxygen atoms in total. The highest BCUT2D eigenvalue weighted by Crippen LogP contribution is 2.35. The van der Waals surface area contributed by atoms with E-state index in [0.717, 1.165) is 41.3 Å². The normalized spacial score (nSPS) is 18.0. The minimum atomic E-state index is 0.186. The molecule has 0 bridgehead atoms. The summed E-state index contributed by atoms with van der Waals surface area (Å²) >= 11 is 7.91. The molecule has 1 saturated heterocycles. The van der Waals surface area contributed by atoms with Gasteiger partial charge in [-0.15, -0.1) is 11.6 Å². The first-order chi connectivity index (χ1) is 11.7. The van der Waals surface area contributed by atoms with Gasteiger partial charge in [0.15, 0.2) is 10.9 Å². The number of pyridine rings is 1. The molecule has 1 atom stereocenters. The highest BCUT2D eigenvalue weighted by atomic mass is 35.5. The number of alkyl halides is 1. The molecule has 3 aromatic rings. The van der Waals surface area contributed by atoms with Crippen molar-refractivity contribution in [2.24, 2.45) is 0 Å². The number of piperidine rings is 1. The van der Waals surface area contributed by atoms with Crippen LogP contribution in [0.25, 0.3) is 10.2 Å². The number of nitrogens with zero attached hydrogens (tertiary/aromatic N) is 5. The summed E-state index contributed by atoms with van der Waals surface area (Å²) in [5, 5.41) is 4.36. The van der Waals surface area contributed by atoms with Crippen molar-refractivity contribution in [1.29, 1.82) is 0 Å². The fraction of sp³-hybridized carbons (Fsp3) is 0.333. The standard InChI is InChI=1S/C15H16ClN7S/c16-9-2-1-5-23(7-9)15-21-10-3-4-18-14(13(10)24-15)22-12-6-11(17)19-8-20-12/h3-4,6,8-9H,1-2,5,7H2,(H3,17,18,19,20,22)/t9-/m0/s1. The molecule has 9 heteroatoms.